The first-order valence-electron chi connectivity index (χ1n) is 13.3. The van der Waals surface area contributed by atoms with Gasteiger partial charge in [-0.3, -0.25) is 9.59 Å². The fraction of sp³-hybridized carbons (Fsp3) is 0.857. The maximum atomic E-state index is 11.3. The molecular weight excluding hydrogens is 368 g/mol. The van der Waals surface area contributed by atoms with E-state index in [1.165, 1.54) is 70.6 Å². The molecule has 12 atom stereocenters. The van der Waals surface area contributed by atoms with Crippen LogP contribution in [0, 0.1) is 71.0 Å². The van der Waals surface area contributed by atoms with Crippen LogP contribution in [0.5, 0.6) is 0 Å². The van der Waals surface area contributed by atoms with E-state index >= 15 is 0 Å². The summed E-state index contributed by atoms with van der Waals surface area (Å²) in [6.45, 7) is 4.18. The monoisotopic (exact) mass is 406 g/mol. The van der Waals surface area contributed by atoms with Crippen molar-refractivity contribution in [2.45, 2.75) is 77.0 Å². The topological polar surface area (TPSA) is 34.1 Å². The molecule has 30 heavy (non-hydrogen) atoms. The van der Waals surface area contributed by atoms with Gasteiger partial charge in [0, 0.05) is 23.7 Å². The fourth-order valence-corrected chi connectivity index (χ4v) is 10.2. The molecule has 2 nitrogen and oxygen atoms in total. The molecule has 9 rings (SSSR count). The maximum Gasteiger partial charge on any atom is 0.139 e. The van der Waals surface area contributed by atoms with Crippen molar-refractivity contribution < 1.29 is 9.59 Å². The highest BCUT2D eigenvalue weighted by Crippen LogP contribution is 2.62. The van der Waals surface area contributed by atoms with Crippen LogP contribution in [0.25, 0.3) is 0 Å². The lowest BCUT2D eigenvalue weighted by molar-refractivity contribution is -0.142. The normalized spacial score (nSPS) is 56.6. The molecule has 0 amide bonds. The van der Waals surface area contributed by atoms with Gasteiger partial charge in [0.15, 0.2) is 0 Å². The average molecular weight is 407 g/mol. The van der Waals surface area contributed by atoms with Crippen molar-refractivity contribution in [3.05, 3.63) is 12.2 Å². The summed E-state index contributed by atoms with van der Waals surface area (Å²) in [5, 5.41) is 0. The molecule has 0 radical (unpaired) electrons. The molecule has 9 fully saturated rings. The summed E-state index contributed by atoms with van der Waals surface area (Å²) >= 11 is 0. The Hall–Kier alpha value is -0.920. The third-order valence-electron chi connectivity index (χ3n) is 11.8. The smallest absolute Gasteiger partial charge is 0.139 e. The molecule has 0 aromatic heterocycles. The number of hydrogen-bond donors (Lipinski definition) is 0. The van der Waals surface area contributed by atoms with Crippen LogP contribution in [0.1, 0.15) is 77.0 Å². The second-order valence-corrected chi connectivity index (χ2v) is 12.8. The van der Waals surface area contributed by atoms with E-state index in [9.17, 15) is 9.59 Å². The molecule has 6 bridgehead atoms. The maximum absolute atomic E-state index is 11.3. The summed E-state index contributed by atoms with van der Waals surface area (Å²) < 4.78 is 0. The molecule has 2 heteroatoms. The molecule has 0 heterocycles. The van der Waals surface area contributed by atoms with Gasteiger partial charge in [-0.1, -0.05) is 12.2 Å². The van der Waals surface area contributed by atoms with Crippen molar-refractivity contribution in [3.63, 3.8) is 0 Å². The zero-order valence-corrected chi connectivity index (χ0v) is 18.4. The van der Waals surface area contributed by atoms with Crippen LogP contribution in [0.2, 0.25) is 0 Å². The number of Topliss-reactive ketones (excluding diaryl/α,β-unsaturated/α-hetero) is 2. The van der Waals surface area contributed by atoms with Gasteiger partial charge in [0.2, 0.25) is 0 Å². The van der Waals surface area contributed by atoms with Crippen LogP contribution in [0.15, 0.2) is 12.2 Å². The minimum Gasteiger partial charge on any atom is -0.299 e. The highest BCUT2D eigenvalue weighted by molar-refractivity contribution is 5.91. The van der Waals surface area contributed by atoms with E-state index in [1.54, 1.807) is 12.0 Å². The number of hydrogen-bond acceptors (Lipinski definition) is 2. The molecule has 0 saturated heterocycles. The predicted molar refractivity (Wildman–Crippen MR) is 116 cm³/mol. The molecule has 0 spiro atoms. The van der Waals surface area contributed by atoms with E-state index in [0.717, 1.165) is 47.3 Å². The van der Waals surface area contributed by atoms with Gasteiger partial charge in [-0.25, -0.2) is 0 Å². The third-order valence-corrected chi connectivity index (χ3v) is 11.8. The average Bonchev–Trinajstić information content (AvgIpc) is 3.13. The van der Waals surface area contributed by atoms with Crippen LogP contribution >= 0.6 is 0 Å². The van der Waals surface area contributed by atoms with Crippen molar-refractivity contribution in [2.75, 3.05) is 0 Å². The zero-order chi connectivity index (χ0) is 20.1. The van der Waals surface area contributed by atoms with Crippen LogP contribution < -0.4 is 0 Å². The summed E-state index contributed by atoms with van der Waals surface area (Å²) in [4.78, 5) is 22.6. The third kappa shape index (κ3) is 2.49. The van der Waals surface area contributed by atoms with Crippen LogP contribution in [-0.4, -0.2) is 11.6 Å². The zero-order valence-electron chi connectivity index (χ0n) is 18.4. The first-order chi connectivity index (χ1) is 14.6. The van der Waals surface area contributed by atoms with Crippen molar-refractivity contribution in [2.24, 2.45) is 71.0 Å². The highest BCUT2D eigenvalue weighted by Gasteiger charge is 2.57. The Morgan fingerprint density at radius 2 is 0.867 bits per heavy atom. The van der Waals surface area contributed by atoms with Gasteiger partial charge in [-0.2, -0.15) is 0 Å². The van der Waals surface area contributed by atoms with Crippen molar-refractivity contribution in [1.29, 1.82) is 0 Å². The van der Waals surface area contributed by atoms with E-state index in [2.05, 4.69) is 6.58 Å². The summed E-state index contributed by atoms with van der Waals surface area (Å²) in [6.07, 6.45) is 16.5. The molecular formula is C28H38O2. The van der Waals surface area contributed by atoms with Crippen molar-refractivity contribution in [1.82, 2.24) is 0 Å². The largest absolute Gasteiger partial charge is 0.299 e. The number of fused-ring (bicyclic) bond motifs is 3. The molecule has 9 aliphatic rings. The Morgan fingerprint density at radius 1 is 0.467 bits per heavy atom. The van der Waals surface area contributed by atoms with Crippen molar-refractivity contribution >= 4 is 11.6 Å². The lowest BCUT2D eigenvalue weighted by Gasteiger charge is -2.44. The van der Waals surface area contributed by atoms with E-state index in [-0.39, 0.29) is 0 Å². The van der Waals surface area contributed by atoms with Gasteiger partial charge in [0.25, 0.3) is 0 Å². The van der Waals surface area contributed by atoms with E-state index in [0.29, 0.717) is 35.2 Å². The minimum absolute atomic E-state index is 0.531. The SMILES string of the molecule is C=C1[C@H]2C[C@H]3CC[C@@H]1[C@@H]2C3.O=C1C2CCC3CC1C2C3.O=C1C2CC[C@@H]3C[C@H]2[C@H]1C3. The predicted octanol–water partition coefficient (Wildman–Crippen LogP) is 5.85. The summed E-state index contributed by atoms with van der Waals surface area (Å²) in [5.74, 6) is 11.1. The minimum atomic E-state index is 0.531. The molecule has 9 saturated carbocycles. The van der Waals surface area contributed by atoms with Crippen LogP contribution in [-0.2, 0) is 9.59 Å². The summed E-state index contributed by atoms with van der Waals surface area (Å²) in [6, 6.07) is 0. The number of carbonyl (C=O) groups excluding carboxylic acids is 2. The van der Waals surface area contributed by atoms with Gasteiger partial charge >= 0.3 is 0 Å². The number of ketones is 2. The van der Waals surface area contributed by atoms with Gasteiger partial charge in [-0.15, -0.1) is 0 Å². The Balaban J connectivity index is 0.0000000810. The lowest BCUT2D eigenvalue weighted by Crippen LogP contribution is -2.44. The Kier molecular flexibility index (Phi) is 4.07. The van der Waals surface area contributed by atoms with Gasteiger partial charge in [0.1, 0.15) is 11.6 Å². The van der Waals surface area contributed by atoms with Gasteiger partial charge in [-0.05, 0) is 124 Å². The van der Waals surface area contributed by atoms with E-state index in [1.807, 2.05) is 0 Å². The number of allylic oxidation sites excluding steroid dienone is 1. The number of rotatable bonds is 0. The lowest BCUT2D eigenvalue weighted by atomic mass is 9.61. The van der Waals surface area contributed by atoms with Crippen LogP contribution in [0.3, 0.4) is 0 Å². The first kappa shape index (κ1) is 18.6. The van der Waals surface area contributed by atoms with Gasteiger partial charge in [0.05, 0.1) is 0 Å². The van der Waals surface area contributed by atoms with E-state index in [4.69, 9.17) is 0 Å². The molecule has 9 aliphatic carbocycles. The Morgan fingerprint density at radius 3 is 1.37 bits per heavy atom. The Bertz CT molecular complexity index is 668. The first-order valence-corrected chi connectivity index (χ1v) is 13.3. The fourth-order valence-electron chi connectivity index (χ4n) is 10.2. The second-order valence-electron chi connectivity index (χ2n) is 12.8. The highest BCUT2D eigenvalue weighted by atomic mass is 16.1. The standard InChI is InChI=1S/C10H14.2C9H12O/c1-6-8-3-2-7-4-9(6)10(8)5-7;2*10-9-6-2-1-5-3-7(6)8(9)4-5/h7-10H,1-5H2;2*5-8H,1-4H2/t7-,8+,9-,10+;5-,6?,7-,8-;/m11./s1. The summed E-state index contributed by atoms with van der Waals surface area (Å²) in [5.41, 5.74) is 1.62. The molecule has 0 aromatic rings. The second kappa shape index (κ2) is 6.55. The molecule has 0 N–H and O–H groups in total. The Labute approximate surface area is 181 Å². The quantitative estimate of drug-likeness (QED) is 0.473. The molecule has 5 unspecified atom stereocenters. The van der Waals surface area contributed by atoms with Crippen molar-refractivity contribution in [3.8, 4) is 0 Å². The molecule has 162 valence electrons. The summed E-state index contributed by atoms with van der Waals surface area (Å²) in [7, 11) is 0. The van der Waals surface area contributed by atoms with Crippen LogP contribution in [0.4, 0.5) is 0 Å². The van der Waals surface area contributed by atoms with E-state index < -0.39 is 0 Å². The van der Waals surface area contributed by atoms with Gasteiger partial charge < -0.3 is 0 Å². The molecule has 0 aliphatic heterocycles. The number of carbonyl (C=O) groups is 2. The molecule has 0 aromatic carbocycles.